The number of halogens is 6. The van der Waals surface area contributed by atoms with Crippen LogP contribution in [0.5, 0.6) is 5.75 Å². The Morgan fingerprint density at radius 1 is 0.618 bits per heavy atom. The van der Waals surface area contributed by atoms with Gasteiger partial charge in [0.05, 0.1) is 75.8 Å². The Morgan fingerprint density at radius 3 is 1.63 bits per heavy atom. The van der Waals surface area contributed by atoms with E-state index in [0.717, 1.165) is 23.7 Å². The van der Waals surface area contributed by atoms with Gasteiger partial charge in [0, 0.05) is 142 Å². The number of carbonyl (C=O) groups is 11. The third kappa shape index (κ3) is 37.7. The smallest absolute Gasteiger partial charge is 0.458 e. The first kappa shape index (κ1) is 94.7. The Hall–Kier alpha value is -9.54. The molecule has 14 N–H and O–H groups in total. The molecular formula is C66H98F6N16O21S. The van der Waals surface area contributed by atoms with Crippen molar-refractivity contribution in [3.8, 4) is 5.75 Å². The number of ether oxygens (including phenoxy) is 4. The van der Waals surface area contributed by atoms with Crippen molar-refractivity contribution in [1.82, 2.24) is 70.7 Å². The molecular weight excluding hydrogens is 1500 g/mol. The minimum Gasteiger partial charge on any atom is -0.494 e. The molecule has 1 fully saturated rings. The molecule has 1 unspecified atom stereocenters. The number of fused-ring (bicyclic) bond motifs is 1. The molecule has 1 aliphatic rings. The molecule has 0 bridgehead atoms. The van der Waals surface area contributed by atoms with Crippen LogP contribution >= 0.6 is 0 Å². The fourth-order valence-electron chi connectivity index (χ4n) is 10.3. The number of aromatic nitrogens is 4. The van der Waals surface area contributed by atoms with Crippen LogP contribution in [0, 0.1) is 13.8 Å². The third-order valence-corrected chi connectivity index (χ3v) is 17.6. The summed E-state index contributed by atoms with van der Waals surface area (Å²) in [6, 6.07) is 5.50. The molecule has 5 rings (SSSR count). The number of Topliss-reactive ketones (excluding diaryl/α,β-unsaturated/α-hetero) is 2. The number of nitrogens with zero attached hydrogens (tertiary/aromatic N) is 7. The number of aromatic amines is 1. The first-order chi connectivity index (χ1) is 52.0. The fraction of sp³-hybridized carbons (Fsp3) is 0.591. The molecule has 0 saturated carbocycles. The van der Waals surface area contributed by atoms with E-state index < -0.39 is 94.2 Å². The van der Waals surface area contributed by atoms with Crippen molar-refractivity contribution in [2.24, 2.45) is 5.73 Å². The second-order valence-electron chi connectivity index (χ2n) is 24.5. The number of carboxylic acid groups (broad SMARTS) is 4. The van der Waals surface area contributed by atoms with Crippen LogP contribution in [0.4, 0.5) is 32.3 Å². The third-order valence-electron chi connectivity index (χ3n) is 15.8. The van der Waals surface area contributed by atoms with Crippen molar-refractivity contribution >= 4 is 91.9 Å². The van der Waals surface area contributed by atoms with Crippen LogP contribution in [0.15, 0.2) is 53.8 Å². The van der Waals surface area contributed by atoms with Gasteiger partial charge in [-0.1, -0.05) is 0 Å². The molecule has 110 heavy (non-hydrogen) atoms. The highest BCUT2D eigenvalue weighted by molar-refractivity contribution is 7.89. The number of likely N-dealkylation sites (N-methyl/N-ethyl adjacent to an activating group) is 1. The number of rotatable bonds is 44. The molecule has 2 aromatic carbocycles. The van der Waals surface area contributed by atoms with Gasteiger partial charge >= 0.3 is 47.8 Å². The van der Waals surface area contributed by atoms with Gasteiger partial charge in [-0.15, -0.1) is 0 Å². The number of amides is 5. The Morgan fingerprint density at radius 2 is 1.15 bits per heavy atom. The molecule has 3 heterocycles. The van der Waals surface area contributed by atoms with Crippen LogP contribution in [0.2, 0.25) is 0 Å². The Labute approximate surface area is 629 Å². The summed E-state index contributed by atoms with van der Waals surface area (Å²) in [6.45, 7) is 9.48. The van der Waals surface area contributed by atoms with Crippen LogP contribution in [0.1, 0.15) is 66.4 Å². The van der Waals surface area contributed by atoms with E-state index >= 15 is 0 Å². The van der Waals surface area contributed by atoms with E-state index in [9.17, 15) is 108 Å². The number of hydrogen-bond donors (Lipinski definition) is 13. The number of aryl methyl sites for hydroxylation is 3. The maximum absolute atomic E-state index is 13.5. The fourth-order valence-corrected chi connectivity index (χ4v) is 12.0. The lowest BCUT2D eigenvalue weighted by Crippen LogP contribution is -2.52. The highest BCUT2D eigenvalue weighted by Crippen LogP contribution is 2.27. The van der Waals surface area contributed by atoms with Crippen LogP contribution < -0.4 is 47.1 Å². The zero-order chi connectivity index (χ0) is 82.0. The maximum Gasteiger partial charge on any atom is 0.458 e. The summed E-state index contributed by atoms with van der Waals surface area (Å²) in [5.74, 6) is -12.2. The number of alkyl halides is 6. The minimum absolute atomic E-state index is 0.0335. The highest BCUT2D eigenvalue weighted by atomic mass is 32.2. The predicted octanol–water partition coefficient (Wildman–Crippen LogP) is -0.428. The lowest BCUT2D eigenvalue weighted by atomic mass is 10.1. The monoisotopic (exact) mass is 1600 g/mol. The van der Waals surface area contributed by atoms with Crippen molar-refractivity contribution in [3.63, 3.8) is 0 Å². The zero-order valence-corrected chi connectivity index (χ0v) is 62.1. The van der Waals surface area contributed by atoms with E-state index in [0.29, 0.717) is 101 Å². The van der Waals surface area contributed by atoms with Gasteiger partial charge in [-0.25, -0.2) is 13.4 Å². The molecule has 0 radical (unpaired) electrons. The second kappa shape index (κ2) is 49.6. The van der Waals surface area contributed by atoms with E-state index in [2.05, 4.69) is 51.7 Å². The summed E-state index contributed by atoms with van der Waals surface area (Å²) in [6.07, 6.45) is -3.43. The molecule has 1 saturated heterocycles. The van der Waals surface area contributed by atoms with E-state index in [1.54, 1.807) is 70.2 Å². The van der Waals surface area contributed by atoms with E-state index in [-0.39, 0.29) is 127 Å². The molecule has 2 atom stereocenters. The number of nitrogens with two attached hydrogens (primary N) is 1. The number of nitrogens with one attached hydrogen (secondary N) is 8. The number of imidazole rings is 1. The summed E-state index contributed by atoms with van der Waals surface area (Å²) in [5.41, 5.74) is 7.17. The molecule has 0 aliphatic carbocycles. The van der Waals surface area contributed by atoms with Gasteiger partial charge in [-0.2, -0.15) is 36.2 Å². The maximum atomic E-state index is 13.5. The first-order valence-electron chi connectivity index (χ1n) is 34.6. The summed E-state index contributed by atoms with van der Waals surface area (Å²) in [4.78, 5) is 141. The minimum atomic E-state index is -5.77. The van der Waals surface area contributed by atoms with Crippen LogP contribution in [-0.4, -0.2) is 323 Å². The van der Waals surface area contributed by atoms with Gasteiger partial charge in [0.15, 0.2) is 5.95 Å². The van der Waals surface area contributed by atoms with Crippen molar-refractivity contribution in [2.75, 3.05) is 170 Å². The number of H-pyrrole nitrogens is 1. The number of sulfonamides is 1. The van der Waals surface area contributed by atoms with Gasteiger partial charge in [0.1, 0.15) is 17.8 Å². The summed E-state index contributed by atoms with van der Waals surface area (Å²) >= 11 is 0. The quantitative estimate of drug-likeness (QED) is 0.0152. The average Bonchev–Trinajstić information content (AvgIpc) is 1.34. The predicted molar refractivity (Wildman–Crippen MR) is 380 cm³/mol. The normalized spacial score (nSPS) is 14.1. The van der Waals surface area contributed by atoms with Crippen molar-refractivity contribution in [3.05, 3.63) is 65.6 Å². The first-order valence-corrected chi connectivity index (χ1v) is 36.1. The van der Waals surface area contributed by atoms with Crippen molar-refractivity contribution in [2.45, 2.75) is 94.7 Å². The summed E-state index contributed by atoms with van der Waals surface area (Å²) in [7, 11) is -1.45. The highest BCUT2D eigenvalue weighted by Gasteiger charge is 2.54. The van der Waals surface area contributed by atoms with Gasteiger partial charge in [0.2, 0.25) is 33.7 Å². The van der Waals surface area contributed by atoms with Crippen molar-refractivity contribution in [1.29, 1.82) is 0 Å². The van der Waals surface area contributed by atoms with Gasteiger partial charge in [0.25, 0.3) is 5.91 Å². The summed E-state index contributed by atoms with van der Waals surface area (Å²) < 4.78 is 120. The van der Waals surface area contributed by atoms with E-state index in [1.165, 1.54) is 26.2 Å². The van der Waals surface area contributed by atoms with Gasteiger partial charge in [-0.3, -0.25) is 77.0 Å². The van der Waals surface area contributed by atoms with Crippen molar-refractivity contribution < 1.29 is 127 Å². The standard InChI is InChI=1S/C39H57N9O10S.C23H41N7O9.C4F6O2/c1-28-23-32(58-18-3-7-35(49)41-12-6-17-56-20-22-57-21-19-55-16-4-10-40)24-29(2)36(28)59(53,54)47-33(38(51)52)27-45-37(50)30-8-9-34-31(25-30)26-46-48(34)15-5-11-42-39-43-13-14-44-39;1-24-18(31)4-3-17(23(39)25-2)26-19(32)13-27-5-7-28(14-20(33)34)9-11-30(16-22(37)38)12-10-29(8-6-27)15-21(35)36;5-3(6,7)1(11)2(12)4(8,9)10/h8-9,13-14,23-26,33,47H,3-7,10-12,15-22,27,40H2,1-2H3,(H,41,49)(H,45,50)(H,51,52)(H2,42,43,44);17H,3-16H2,1-2H3,(H,24,31)(H,25,39)(H,26,32)(H,33,34)(H,35,36)(H,37,38);/t;17-;/m.1./s1. The van der Waals surface area contributed by atoms with E-state index in [1.807, 2.05) is 4.68 Å². The number of carbonyl (C=O) groups excluding carboxylic acids is 7. The van der Waals surface area contributed by atoms with Crippen LogP contribution in [-0.2, 0) is 78.7 Å². The number of carboxylic acids is 4. The molecule has 616 valence electrons. The Balaban J connectivity index is 0.000000526. The summed E-state index contributed by atoms with van der Waals surface area (Å²) in [5, 5.41) is 59.0. The Bertz CT molecular complexity index is 3650. The topological polar surface area (TPSA) is 509 Å². The van der Waals surface area contributed by atoms with E-state index in [4.69, 9.17) is 24.7 Å². The largest absolute Gasteiger partial charge is 0.494 e. The number of anilines is 1. The van der Waals surface area contributed by atoms with Gasteiger partial charge < -0.3 is 82.0 Å². The number of aliphatic carboxylic acids is 4. The van der Waals surface area contributed by atoms with Crippen LogP contribution in [0.3, 0.4) is 0 Å². The number of ketones is 2. The molecule has 0 spiro atoms. The molecule has 4 aromatic rings. The average molecular weight is 1600 g/mol. The molecule has 2 aromatic heterocycles. The number of hydrogen-bond acceptors (Lipinski definition) is 25. The molecule has 5 amide bonds. The lowest BCUT2D eigenvalue weighted by molar-refractivity contribution is -0.193. The number of benzene rings is 2. The zero-order valence-electron chi connectivity index (χ0n) is 61.3. The SMILES string of the molecule is CNC(=O)CC[C@@H](NC(=O)CN1CCN(CC(=O)O)CCN(CC(=O)O)CCN(CC(=O)O)CC1)C(=O)NC.Cc1cc(OCCCC(=O)NCCCOCCOCCOCCCN)cc(C)c1S(=O)(=O)NC(CNC(=O)c1ccc2c(cnn2CCCNc2ncc[nH]2)c1)C(=O)O.O=C(C(=O)C(F)(F)F)C(F)(F)F. The lowest BCUT2D eigenvalue weighted by Gasteiger charge is -2.33. The Kier molecular flexibility index (Phi) is 42.7. The van der Waals surface area contributed by atoms with Crippen LogP contribution in [0.25, 0.3) is 10.9 Å². The second-order valence-corrected chi connectivity index (χ2v) is 26.1. The van der Waals surface area contributed by atoms with Gasteiger partial charge in [-0.05, 0) is 94.0 Å². The molecule has 37 nitrogen and oxygen atoms in total. The molecule has 44 heteroatoms. The molecule has 1 aliphatic heterocycles.